The van der Waals surface area contributed by atoms with Crippen molar-refractivity contribution in [2.45, 2.75) is 19.9 Å². The molecule has 0 bridgehead atoms. The lowest BCUT2D eigenvalue weighted by molar-refractivity contribution is 0.446. The van der Waals surface area contributed by atoms with Crippen LogP contribution >= 0.6 is 0 Å². The maximum atomic E-state index is 11.3. The molecule has 1 aromatic carbocycles. The van der Waals surface area contributed by atoms with Gasteiger partial charge in [0.2, 0.25) is 0 Å². The molecule has 0 spiro atoms. The van der Waals surface area contributed by atoms with Gasteiger partial charge in [-0.15, -0.1) is 0 Å². The number of nitrogens with one attached hydrogen (secondary N) is 1. The van der Waals surface area contributed by atoms with E-state index in [1.54, 1.807) is 6.92 Å². The molecule has 1 aromatic rings. The van der Waals surface area contributed by atoms with Crippen molar-refractivity contribution >= 4 is 9.84 Å². The maximum absolute atomic E-state index is 11.3. The summed E-state index contributed by atoms with van der Waals surface area (Å²) in [6, 6.07) is 4.17. The average molecular weight is 273 g/mol. The third-order valence-electron chi connectivity index (χ3n) is 2.73. The lowest BCUT2D eigenvalue weighted by Crippen LogP contribution is -2.26. The molecule has 0 amide bonds. The second-order valence-corrected chi connectivity index (χ2v) is 6.67. The topological polar surface area (TPSA) is 86.6 Å². The summed E-state index contributed by atoms with van der Waals surface area (Å²) in [5, 5.41) is 21.7. The Kier molecular flexibility index (Phi) is 4.98. The van der Waals surface area contributed by atoms with Gasteiger partial charge in [0.15, 0.2) is 9.84 Å². The molecular formula is C12H19NO4S. The van der Waals surface area contributed by atoms with Crippen molar-refractivity contribution < 1.29 is 18.6 Å². The highest BCUT2D eigenvalue weighted by atomic mass is 32.2. The summed E-state index contributed by atoms with van der Waals surface area (Å²) in [4.78, 5) is 0. The number of rotatable bonds is 6. The molecule has 0 aliphatic heterocycles. The largest absolute Gasteiger partial charge is 0.508 e. The quantitative estimate of drug-likeness (QED) is 0.724. The van der Waals surface area contributed by atoms with Crippen LogP contribution in [0.4, 0.5) is 0 Å². The number of benzene rings is 1. The molecule has 1 unspecified atom stereocenters. The molecule has 1 atom stereocenters. The van der Waals surface area contributed by atoms with Crippen molar-refractivity contribution in [1.29, 1.82) is 0 Å². The smallest absolute Gasteiger partial charge is 0.151 e. The van der Waals surface area contributed by atoms with Gasteiger partial charge in [-0.2, -0.15) is 0 Å². The fourth-order valence-corrected chi connectivity index (χ4v) is 2.28. The lowest BCUT2D eigenvalue weighted by atomic mass is 10.1. The van der Waals surface area contributed by atoms with E-state index in [4.69, 9.17) is 0 Å². The van der Waals surface area contributed by atoms with Gasteiger partial charge < -0.3 is 15.5 Å². The maximum Gasteiger partial charge on any atom is 0.151 e. The third kappa shape index (κ3) is 4.54. The van der Waals surface area contributed by atoms with Crippen molar-refractivity contribution in [2.75, 3.05) is 18.1 Å². The van der Waals surface area contributed by atoms with Gasteiger partial charge >= 0.3 is 0 Å². The molecule has 0 aliphatic rings. The summed E-state index contributed by atoms with van der Waals surface area (Å²) in [5.41, 5.74) is 0.710. The van der Waals surface area contributed by atoms with E-state index in [-0.39, 0.29) is 29.0 Å². The van der Waals surface area contributed by atoms with Crippen molar-refractivity contribution in [2.24, 2.45) is 0 Å². The number of hydrogen-bond donors (Lipinski definition) is 3. The van der Waals surface area contributed by atoms with E-state index in [0.717, 1.165) is 0 Å². The highest BCUT2D eigenvalue weighted by Gasteiger charge is 2.10. The highest BCUT2D eigenvalue weighted by molar-refractivity contribution is 7.91. The van der Waals surface area contributed by atoms with Gasteiger partial charge in [0.05, 0.1) is 5.75 Å². The van der Waals surface area contributed by atoms with Crippen LogP contribution in [0.3, 0.4) is 0 Å². The standard InChI is InChI=1S/C12H19NO4S/c1-3-18(16,17)5-4-13-9(2)10-6-11(14)8-12(15)7-10/h6-9,13-15H,3-5H2,1-2H3. The van der Waals surface area contributed by atoms with Crippen LogP contribution in [-0.2, 0) is 9.84 Å². The molecule has 5 nitrogen and oxygen atoms in total. The van der Waals surface area contributed by atoms with Crippen LogP contribution in [0.15, 0.2) is 18.2 Å². The van der Waals surface area contributed by atoms with E-state index in [1.807, 2.05) is 6.92 Å². The van der Waals surface area contributed by atoms with Gasteiger partial charge in [0.25, 0.3) is 0 Å². The third-order valence-corrected chi connectivity index (χ3v) is 4.43. The van der Waals surface area contributed by atoms with Gasteiger partial charge in [0, 0.05) is 24.4 Å². The Labute approximate surface area is 107 Å². The molecule has 0 saturated carbocycles. The number of phenols is 2. The molecule has 102 valence electrons. The fourth-order valence-electron chi connectivity index (χ4n) is 1.56. The van der Waals surface area contributed by atoms with Gasteiger partial charge in [0.1, 0.15) is 11.5 Å². The number of sulfone groups is 1. The van der Waals surface area contributed by atoms with Crippen molar-refractivity contribution in [3.05, 3.63) is 23.8 Å². The zero-order valence-electron chi connectivity index (χ0n) is 10.5. The second-order valence-electron chi connectivity index (χ2n) is 4.19. The van der Waals surface area contributed by atoms with Crippen molar-refractivity contribution in [3.63, 3.8) is 0 Å². The van der Waals surface area contributed by atoms with E-state index in [1.165, 1.54) is 18.2 Å². The predicted molar refractivity (Wildman–Crippen MR) is 70.5 cm³/mol. The molecule has 0 fully saturated rings. The first-order valence-electron chi connectivity index (χ1n) is 5.81. The lowest BCUT2D eigenvalue weighted by Gasteiger charge is -2.14. The number of aromatic hydroxyl groups is 2. The highest BCUT2D eigenvalue weighted by Crippen LogP contribution is 2.24. The van der Waals surface area contributed by atoms with Crippen LogP contribution in [0.25, 0.3) is 0 Å². The summed E-state index contributed by atoms with van der Waals surface area (Å²) < 4.78 is 22.6. The summed E-state index contributed by atoms with van der Waals surface area (Å²) in [5.74, 6) is 0.189. The van der Waals surface area contributed by atoms with Crippen LogP contribution in [0.1, 0.15) is 25.5 Å². The van der Waals surface area contributed by atoms with Crippen LogP contribution in [-0.4, -0.2) is 36.7 Å². The monoisotopic (exact) mass is 273 g/mol. The summed E-state index contributed by atoms with van der Waals surface area (Å²) in [7, 11) is -2.97. The fraction of sp³-hybridized carbons (Fsp3) is 0.500. The van der Waals surface area contributed by atoms with Gasteiger partial charge in [-0.3, -0.25) is 0 Å². The average Bonchev–Trinajstić information content (AvgIpc) is 2.27. The van der Waals surface area contributed by atoms with E-state index in [9.17, 15) is 18.6 Å². The molecule has 18 heavy (non-hydrogen) atoms. The van der Waals surface area contributed by atoms with E-state index in [0.29, 0.717) is 12.1 Å². The zero-order valence-corrected chi connectivity index (χ0v) is 11.4. The first-order chi connectivity index (χ1) is 8.34. The number of hydrogen-bond acceptors (Lipinski definition) is 5. The first-order valence-corrected chi connectivity index (χ1v) is 7.63. The Balaban J connectivity index is 2.58. The number of phenolic OH excluding ortho intramolecular Hbond substituents is 2. The van der Waals surface area contributed by atoms with Crippen molar-refractivity contribution in [1.82, 2.24) is 5.32 Å². The summed E-state index contributed by atoms with van der Waals surface area (Å²) in [6.45, 7) is 3.80. The molecule has 0 heterocycles. The predicted octanol–water partition coefficient (Wildman–Crippen LogP) is 1.18. The molecule has 6 heteroatoms. The minimum Gasteiger partial charge on any atom is -0.508 e. The SMILES string of the molecule is CCS(=O)(=O)CCNC(C)c1cc(O)cc(O)c1. The molecule has 0 radical (unpaired) electrons. The molecule has 1 rings (SSSR count). The molecular weight excluding hydrogens is 254 g/mol. The van der Waals surface area contributed by atoms with Crippen LogP contribution in [0, 0.1) is 0 Å². The van der Waals surface area contributed by atoms with Crippen molar-refractivity contribution in [3.8, 4) is 11.5 Å². The Morgan fingerprint density at radius 1 is 1.22 bits per heavy atom. The minimum absolute atomic E-state index is 0.0140. The van der Waals surface area contributed by atoms with Gasteiger partial charge in [-0.05, 0) is 24.6 Å². The van der Waals surface area contributed by atoms with Gasteiger partial charge in [-0.25, -0.2) is 8.42 Å². The molecule has 0 saturated heterocycles. The zero-order chi connectivity index (χ0) is 13.8. The summed E-state index contributed by atoms with van der Waals surface area (Å²) >= 11 is 0. The second kappa shape index (κ2) is 6.06. The Hall–Kier alpha value is -1.27. The Bertz CT molecular complexity index is 479. The normalized spacial score (nSPS) is 13.4. The molecule has 0 aliphatic carbocycles. The first kappa shape index (κ1) is 14.8. The van der Waals surface area contributed by atoms with Crippen LogP contribution in [0.2, 0.25) is 0 Å². The summed E-state index contributed by atoms with van der Waals surface area (Å²) in [6.07, 6.45) is 0. The van der Waals surface area contributed by atoms with E-state index in [2.05, 4.69) is 5.32 Å². The molecule has 3 N–H and O–H groups in total. The van der Waals surface area contributed by atoms with E-state index >= 15 is 0 Å². The Morgan fingerprint density at radius 3 is 2.28 bits per heavy atom. The van der Waals surface area contributed by atoms with Gasteiger partial charge in [-0.1, -0.05) is 6.92 Å². The Morgan fingerprint density at radius 2 is 1.78 bits per heavy atom. The molecule has 0 aromatic heterocycles. The minimum atomic E-state index is -2.97. The van der Waals surface area contributed by atoms with E-state index < -0.39 is 9.84 Å². The van der Waals surface area contributed by atoms with Crippen LogP contribution < -0.4 is 5.32 Å². The van der Waals surface area contributed by atoms with Crippen LogP contribution in [0.5, 0.6) is 11.5 Å².